The summed E-state index contributed by atoms with van der Waals surface area (Å²) in [6.07, 6.45) is 2.67. The molecule has 144 valence electrons. The molecule has 1 aromatic heterocycles. The molecule has 1 aliphatic heterocycles. The molecule has 3 rings (SSSR count). The average molecular weight is 386 g/mol. The van der Waals surface area contributed by atoms with Crippen molar-refractivity contribution in [3.63, 3.8) is 0 Å². The van der Waals surface area contributed by atoms with E-state index >= 15 is 0 Å². The number of hydrogen-bond acceptors (Lipinski definition) is 4. The van der Waals surface area contributed by atoms with Gasteiger partial charge in [-0.2, -0.15) is 0 Å². The summed E-state index contributed by atoms with van der Waals surface area (Å²) in [6.45, 7) is 4.24. The first-order valence-electron chi connectivity index (χ1n) is 9.49. The fourth-order valence-electron chi connectivity index (χ4n) is 3.59. The van der Waals surface area contributed by atoms with Crippen molar-refractivity contribution in [3.8, 4) is 0 Å². The molecule has 6 heteroatoms. The summed E-state index contributed by atoms with van der Waals surface area (Å²) in [7, 11) is 0. The summed E-state index contributed by atoms with van der Waals surface area (Å²) in [5.74, 6) is -0.177. The maximum atomic E-state index is 12.6. The van der Waals surface area contributed by atoms with E-state index in [4.69, 9.17) is 0 Å². The maximum absolute atomic E-state index is 12.6. The van der Waals surface area contributed by atoms with Crippen LogP contribution in [-0.4, -0.2) is 36.3 Å². The first kappa shape index (κ1) is 19.6. The number of carbonyl (C=O) groups excluding carboxylic acids is 2. The Morgan fingerprint density at radius 1 is 1.11 bits per heavy atom. The number of nitrogens with one attached hydrogen (secondary N) is 2. The van der Waals surface area contributed by atoms with Crippen molar-refractivity contribution < 1.29 is 9.59 Å². The normalized spacial score (nSPS) is 16.6. The van der Waals surface area contributed by atoms with Crippen molar-refractivity contribution in [1.29, 1.82) is 0 Å². The van der Waals surface area contributed by atoms with Crippen LogP contribution in [0.3, 0.4) is 0 Å². The third-order valence-electron chi connectivity index (χ3n) is 4.91. The lowest BCUT2D eigenvalue weighted by Gasteiger charge is -2.27. The highest BCUT2D eigenvalue weighted by molar-refractivity contribution is 7.10. The molecule has 0 spiro atoms. The van der Waals surface area contributed by atoms with Gasteiger partial charge in [-0.3, -0.25) is 14.5 Å². The summed E-state index contributed by atoms with van der Waals surface area (Å²) >= 11 is 1.74. The molecule has 2 atom stereocenters. The van der Waals surface area contributed by atoms with Crippen LogP contribution in [0.1, 0.15) is 48.7 Å². The summed E-state index contributed by atoms with van der Waals surface area (Å²) in [4.78, 5) is 27.9. The van der Waals surface area contributed by atoms with Gasteiger partial charge in [-0.15, -0.1) is 11.3 Å². The van der Waals surface area contributed by atoms with E-state index < -0.39 is 0 Å². The van der Waals surface area contributed by atoms with E-state index in [1.807, 2.05) is 30.3 Å². The second-order valence-corrected chi connectivity index (χ2v) is 7.93. The zero-order chi connectivity index (χ0) is 19.1. The number of nitrogens with zero attached hydrogens (tertiary/aromatic N) is 1. The number of carbonyl (C=O) groups is 2. The summed E-state index contributed by atoms with van der Waals surface area (Å²) in [5.41, 5.74) is 0.942. The standard InChI is InChI=1S/C21H27N3O2S/c1-16(25)23-18(17-8-3-2-4-9-17)14-21(26)22-15-19(20-10-7-13-27-20)24-11-5-6-12-24/h2-4,7-10,13,18-19H,5-6,11-12,14-15H2,1H3,(H,22,26)(H,23,25). The Kier molecular flexibility index (Phi) is 7.01. The lowest BCUT2D eigenvalue weighted by atomic mass is 10.0. The molecule has 0 radical (unpaired) electrons. The zero-order valence-corrected chi connectivity index (χ0v) is 16.5. The first-order valence-corrected chi connectivity index (χ1v) is 10.4. The quantitative estimate of drug-likeness (QED) is 0.733. The van der Waals surface area contributed by atoms with Crippen molar-refractivity contribution in [2.45, 2.75) is 38.3 Å². The van der Waals surface area contributed by atoms with E-state index in [0.717, 1.165) is 18.7 Å². The maximum Gasteiger partial charge on any atom is 0.222 e. The van der Waals surface area contributed by atoms with Gasteiger partial charge in [0, 0.05) is 18.3 Å². The average Bonchev–Trinajstić information content (AvgIpc) is 3.36. The van der Waals surface area contributed by atoms with Crippen LogP contribution < -0.4 is 10.6 Å². The van der Waals surface area contributed by atoms with Crippen molar-refractivity contribution in [2.24, 2.45) is 0 Å². The molecule has 1 fully saturated rings. The minimum atomic E-state index is -0.310. The molecule has 2 unspecified atom stereocenters. The SMILES string of the molecule is CC(=O)NC(CC(=O)NCC(c1cccs1)N1CCCC1)c1ccccc1. The van der Waals surface area contributed by atoms with Gasteiger partial charge in [-0.1, -0.05) is 36.4 Å². The Bertz CT molecular complexity index is 727. The molecule has 1 aliphatic rings. The van der Waals surface area contributed by atoms with Crippen LogP contribution in [0.25, 0.3) is 0 Å². The smallest absolute Gasteiger partial charge is 0.222 e. The Morgan fingerprint density at radius 3 is 2.48 bits per heavy atom. The van der Waals surface area contributed by atoms with Gasteiger partial charge in [0.1, 0.15) is 0 Å². The monoisotopic (exact) mass is 385 g/mol. The molecule has 2 aromatic rings. The second-order valence-electron chi connectivity index (χ2n) is 6.95. The number of rotatable bonds is 8. The molecule has 0 bridgehead atoms. The van der Waals surface area contributed by atoms with Crippen molar-refractivity contribution in [1.82, 2.24) is 15.5 Å². The molecular weight excluding hydrogens is 358 g/mol. The molecule has 1 aromatic carbocycles. The fourth-order valence-corrected chi connectivity index (χ4v) is 4.46. The molecule has 0 saturated carbocycles. The minimum absolute atomic E-state index is 0.0432. The van der Waals surface area contributed by atoms with Crippen molar-refractivity contribution in [3.05, 3.63) is 58.3 Å². The van der Waals surface area contributed by atoms with Gasteiger partial charge in [0.2, 0.25) is 11.8 Å². The van der Waals surface area contributed by atoms with Crippen LogP contribution in [0.5, 0.6) is 0 Å². The summed E-state index contributed by atoms with van der Waals surface area (Å²) in [6, 6.07) is 13.8. The lowest BCUT2D eigenvalue weighted by molar-refractivity contribution is -0.123. The number of amides is 2. The Labute approximate surface area is 164 Å². The molecule has 27 heavy (non-hydrogen) atoms. The third-order valence-corrected chi connectivity index (χ3v) is 5.89. The van der Waals surface area contributed by atoms with Crippen molar-refractivity contribution >= 4 is 23.2 Å². The van der Waals surface area contributed by atoms with Gasteiger partial charge in [0.05, 0.1) is 18.5 Å². The van der Waals surface area contributed by atoms with Gasteiger partial charge in [-0.25, -0.2) is 0 Å². The van der Waals surface area contributed by atoms with Gasteiger partial charge in [0.15, 0.2) is 0 Å². The van der Waals surface area contributed by atoms with E-state index in [2.05, 4.69) is 33.0 Å². The number of benzene rings is 1. The van der Waals surface area contributed by atoms with Gasteiger partial charge < -0.3 is 10.6 Å². The highest BCUT2D eigenvalue weighted by Crippen LogP contribution is 2.28. The Balaban J connectivity index is 1.61. The van der Waals surface area contributed by atoms with E-state index in [1.165, 1.54) is 24.6 Å². The Hall–Kier alpha value is -2.18. The molecule has 1 saturated heterocycles. The van der Waals surface area contributed by atoms with E-state index in [0.29, 0.717) is 6.54 Å². The molecule has 2 amide bonds. The van der Waals surface area contributed by atoms with E-state index in [9.17, 15) is 9.59 Å². The molecule has 0 aliphatic carbocycles. The lowest BCUT2D eigenvalue weighted by Crippen LogP contribution is -2.38. The largest absolute Gasteiger partial charge is 0.354 e. The van der Waals surface area contributed by atoms with Crippen LogP contribution in [0.2, 0.25) is 0 Å². The van der Waals surface area contributed by atoms with Crippen molar-refractivity contribution in [2.75, 3.05) is 19.6 Å². The fraction of sp³-hybridized carbons (Fsp3) is 0.429. The predicted octanol–water partition coefficient (Wildman–Crippen LogP) is 3.27. The number of likely N-dealkylation sites (tertiary alicyclic amines) is 1. The van der Waals surface area contributed by atoms with Gasteiger partial charge in [0.25, 0.3) is 0 Å². The molecule has 5 nitrogen and oxygen atoms in total. The molecular formula is C21H27N3O2S. The third kappa shape index (κ3) is 5.65. The number of thiophene rings is 1. The van der Waals surface area contributed by atoms with E-state index in [-0.39, 0.29) is 30.3 Å². The van der Waals surface area contributed by atoms with Gasteiger partial charge in [-0.05, 0) is 42.9 Å². The predicted molar refractivity (Wildman–Crippen MR) is 108 cm³/mol. The highest BCUT2D eigenvalue weighted by atomic mass is 32.1. The van der Waals surface area contributed by atoms with Crippen LogP contribution in [0.4, 0.5) is 0 Å². The van der Waals surface area contributed by atoms with E-state index in [1.54, 1.807) is 11.3 Å². The van der Waals surface area contributed by atoms with Crippen LogP contribution in [-0.2, 0) is 9.59 Å². The van der Waals surface area contributed by atoms with Crippen LogP contribution in [0.15, 0.2) is 47.8 Å². The van der Waals surface area contributed by atoms with Crippen LogP contribution in [0, 0.1) is 0 Å². The van der Waals surface area contributed by atoms with Gasteiger partial charge >= 0.3 is 0 Å². The Morgan fingerprint density at radius 2 is 1.85 bits per heavy atom. The second kappa shape index (κ2) is 9.67. The summed E-state index contributed by atoms with van der Waals surface area (Å²) < 4.78 is 0. The molecule has 2 N–H and O–H groups in total. The highest BCUT2D eigenvalue weighted by Gasteiger charge is 2.25. The number of hydrogen-bond donors (Lipinski definition) is 2. The topological polar surface area (TPSA) is 61.4 Å². The first-order chi connectivity index (χ1) is 13.1. The zero-order valence-electron chi connectivity index (χ0n) is 15.7. The van der Waals surface area contributed by atoms with Crippen LogP contribution >= 0.6 is 11.3 Å². The molecule has 2 heterocycles. The summed E-state index contributed by atoms with van der Waals surface area (Å²) in [5, 5.41) is 8.07. The minimum Gasteiger partial charge on any atom is -0.354 e.